The number of nitrogens with one attached hydrogen (secondary N) is 2. The molecule has 0 aliphatic heterocycles. The molecule has 0 fully saturated rings. The minimum absolute atomic E-state index is 0.0728. The minimum atomic E-state index is -4.63. The van der Waals surface area contributed by atoms with Crippen molar-refractivity contribution in [2.24, 2.45) is 0 Å². The van der Waals surface area contributed by atoms with Crippen LogP contribution in [0.3, 0.4) is 0 Å². The summed E-state index contributed by atoms with van der Waals surface area (Å²) in [6, 6.07) is 19.6. The molecular formula is C24H20F3N3O2. The van der Waals surface area contributed by atoms with Gasteiger partial charge in [0.1, 0.15) is 5.70 Å². The van der Waals surface area contributed by atoms with E-state index < -0.39 is 23.6 Å². The molecule has 32 heavy (non-hydrogen) atoms. The van der Waals surface area contributed by atoms with E-state index in [2.05, 4.69) is 10.6 Å². The van der Waals surface area contributed by atoms with E-state index in [-0.39, 0.29) is 23.4 Å². The number of halogens is 3. The highest BCUT2D eigenvalue weighted by Crippen LogP contribution is 2.32. The summed E-state index contributed by atoms with van der Waals surface area (Å²) in [6.07, 6.45) is -3.61. The zero-order chi connectivity index (χ0) is 23.1. The number of rotatable bonds is 6. The average Bonchev–Trinajstić information content (AvgIpc) is 2.77. The Morgan fingerprint density at radius 2 is 1.59 bits per heavy atom. The molecule has 164 valence electrons. The van der Waals surface area contributed by atoms with Gasteiger partial charge in [-0.3, -0.25) is 9.59 Å². The Labute approximate surface area is 182 Å². The molecule has 0 bridgehead atoms. The number of alkyl halides is 3. The first-order valence-corrected chi connectivity index (χ1v) is 9.61. The lowest BCUT2D eigenvalue weighted by Crippen LogP contribution is -2.34. The molecule has 0 saturated carbocycles. The normalized spacial score (nSPS) is 11.7. The molecule has 8 heteroatoms. The molecule has 0 saturated heterocycles. The fourth-order valence-corrected chi connectivity index (χ4v) is 2.96. The Morgan fingerprint density at radius 1 is 0.906 bits per heavy atom. The number of hydrogen-bond acceptors (Lipinski definition) is 3. The van der Waals surface area contributed by atoms with Gasteiger partial charge in [0.15, 0.2) is 0 Å². The Kier molecular flexibility index (Phi) is 6.94. The number of benzene rings is 3. The Morgan fingerprint density at radius 3 is 2.28 bits per heavy atom. The van der Waals surface area contributed by atoms with Crippen LogP contribution in [0, 0.1) is 0 Å². The first kappa shape index (κ1) is 22.6. The smallest absolute Gasteiger partial charge is 0.399 e. The zero-order valence-electron chi connectivity index (χ0n) is 16.8. The Bertz CT molecular complexity index is 1140. The van der Waals surface area contributed by atoms with Gasteiger partial charge in [-0.25, -0.2) is 0 Å². The molecule has 4 N–H and O–H groups in total. The third-order valence-corrected chi connectivity index (χ3v) is 4.50. The van der Waals surface area contributed by atoms with Crippen molar-refractivity contribution in [1.82, 2.24) is 10.6 Å². The molecule has 0 heterocycles. The second-order valence-corrected chi connectivity index (χ2v) is 6.89. The third-order valence-electron chi connectivity index (χ3n) is 4.50. The van der Waals surface area contributed by atoms with Crippen LogP contribution in [0.4, 0.5) is 18.9 Å². The van der Waals surface area contributed by atoms with Crippen LogP contribution in [0.2, 0.25) is 0 Å². The molecular weight excluding hydrogens is 419 g/mol. The van der Waals surface area contributed by atoms with E-state index in [9.17, 15) is 22.8 Å². The monoisotopic (exact) mass is 439 g/mol. The van der Waals surface area contributed by atoms with E-state index in [0.29, 0.717) is 11.3 Å². The summed E-state index contributed by atoms with van der Waals surface area (Å²) in [5.41, 5.74) is 5.69. The molecule has 0 spiro atoms. The summed E-state index contributed by atoms with van der Waals surface area (Å²) in [4.78, 5) is 25.4. The fourth-order valence-electron chi connectivity index (χ4n) is 2.96. The predicted molar refractivity (Wildman–Crippen MR) is 116 cm³/mol. The molecule has 3 aromatic rings. The summed E-state index contributed by atoms with van der Waals surface area (Å²) in [6.45, 7) is 0.0728. The van der Waals surface area contributed by atoms with Crippen LogP contribution in [0.25, 0.3) is 6.08 Å². The van der Waals surface area contributed by atoms with Gasteiger partial charge in [0.2, 0.25) is 0 Å². The second kappa shape index (κ2) is 9.82. The van der Waals surface area contributed by atoms with Crippen LogP contribution in [-0.4, -0.2) is 11.8 Å². The maximum Gasteiger partial charge on any atom is 0.416 e. The highest BCUT2D eigenvalue weighted by molar-refractivity contribution is 6.05. The third kappa shape index (κ3) is 5.98. The van der Waals surface area contributed by atoms with Gasteiger partial charge in [0.25, 0.3) is 11.8 Å². The summed E-state index contributed by atoms with van der Waals surface area (Å²) in [5.74, 6) is -1.37. The number of hydrogen-bond donors (Lipinski definition) is 3. The van der Waals surface area contributed by atoms with Crippen LogP contribution >= 0.6 is 0 Å². The summed E-state index contributed by atoms with van der Waals surface area (Å²) in [7, 11) is 0. The molecule has 2 amide bonds. The number of nitrogens with two attached hydrogens (primary N) is 1. The van der Waals surface area contributed by atoms with E-state index in [4.69, 9.17) is 5.73 Å². The second-order valence-electron chi connectivity index (χ2n) is 6.89. The average molecular weight is 439 g/mol. The van der Waals surface area contributed by atoms with Gasteiger partial charge in [-0.1, -0.05) is 48.5 Å². The number of carbonyl (C=O) groups excluding carboxylic acids is 2. The van der Waals surface area contributed by atoms with E-state index in [1.807, 2.05) is 0 Å². The van der Waals surface area contributed by atoms with Gasteiger partial charge < -0.3 is 16.4 Å². The predicted octanol–water partition coefficient (Wildman–Crippen LogP) is 4.37. The first-order valence-electron chi connectivity index (χ1n) is 9.61. The molecule has 0 radical (unpaired) electrons. The fraction of sp³-hybridized carbons (Fsp3) is 0.0833. The number of anilines is 1. The lowest BCUT2D eigenvalue weighted by molar-refractivity contribution is -0.137. The van der Waals surface area contributed by atoms with Crippen molar-refractivity contribution < 1.29 is 22.8 Å². The van der Waals surface area contributed by atoms with Crippen molar-refractivity contribution in [3.05, 3.63) is 107 Å². The zero-order valence-corrected chi connectivity index (χ0v) is 16.8. The molecule has 0 unspecified atom stereocenters. The van der Waals surface area contributed by atoms with Crippen LogP contribution in [-0.2, 0) is 17.5 Å². The molecule has 0 aliphatic rings. The molecule has 5 nitrogen and oxygen atoms in total. The van der Waals surface area contributed by atoms with E-state index in [1.165, 1.54) is 30.3 Å². The maximum absolute atomic E-state index is 13.4. The van der Waals surface area contributed by atoms with Crippen LogP contribution in [0.1, 0.15) is 27.0 Å². The number of nitrogen functional groups attached to an aromatic ring is 1. The lowest BCUT2D eigenvalue weighted by atomic mass is 10.1. The number of carbonyl (C=O) groups is 2. The lowest BCUT2D eigenvalue weighted by Gasteiger charge is -2.14. The van der Waals surface area contributed by atoms with Crippen molar-refractivity contribution in [1.29, 1.82) is 0 Å². The minimum Gasteiger partial charge on any atom is -0.399 e. The first-order chi connectivity index (χ1) is 15.2. The van der Waals surface area contributed by atoms with Crippen molar-refractivity contribution in [3.63, 3.8) is 0 Å². The highest BCUT2D eigenvalue weighted by atomic mass is 19.4. The van der Waals surface area contributed by atoms with Crippen molar-refractivity contribution >= 4 is 23.6 Å². The molecule has 0 aliphatic carbocycles. The summed E-state index contributed by atoms with van der Waals surface area (Å²) in [5, 5.41) is 5.03. The van der Waals surface area contributed by atoms with Crippen LogP contribution in [0.15, 0.2) is 84.6 Å². The quantitative estimate of drug-likeness (QED) is 0.394. The molecule has 3 aromatic carbocycles. The van der Waals surface area contributed by atoms with E-state index in [0.717, 1.165) is 12.1 Å². The van der Waals surface area contributed by atoms with E-state index >= 15 is 0 Å². The van der Waals surface area contributed by atoms with Gasteiger partial charge in [0.05, 0.1) is 5.56 Å². The summed E-state index contributed by atoms with van der Waals surface area (Å²) >= 11 is 0. The topological polar surface area (TPSA) is 84.2 Å². The number of amides is 2. The SMILES string of the molecule is Nc1cccc(CNC(=O)/C(=C/c2ccccc2C(F)(F)F)NC(=O)c2ccccc2)c1. The Hall–Kier alpha value is -4.07. The van der Waals surface area contributed by atoms with Gasteiger partial charge in [-0.05, 0) is 47.5 Å². The van der Waals surface area contributed by atoms with Gasteiger partial charge in [0, 0.05) is 17.8 Å². The van der Waals surface area contributed by atoms with Crippen LogP contribution < -0.4 is 16.4 Å². The maximum atomic E-state index is 13.4. The largest absolute Gasteiger partial charge is 0.416 e. The van der Waals surface area contributed by atoms with Crippen molar-refractivity contribution in [2.75, 3.05) is 5.73 Å². The molecule has 0 atom stereocenters. The van der Waals surface area contributed by atoms with E-state index in [1.54, 1.807) is 42.5 Å². The highest BCUT2D eigenvalue weighted by Gasteiger charge is 2.32. The van der Waals surface area contributed by atoms with Crippen molar-refractivity contribution in [3.8, 4) is 0 Å². The Balaban J connectivity index is 1.91. The van der Waals surface area contributed by atoms with Gasteiger partial charge in [-0.2, -0.15) is 13.2 Å². The summed E-state index contributed by atoms with van der Waals surface area (Å²) < 4.78 is 40.2. The van der Waals surface area contributed by atoms with Crippen LogP contribution in [0.5, 0.6) is 0 Å². The molecule has 3 rings (SSSR count). The molecule has 0 aromatic heterocycles. The van der Waals surface area contributed by atoms with Gasteiger partial charge in [-0.15, -0.1) is 0 Å². The standard InChI is InChI=1S/C24H20F3N3O2/c25-24(26,27)20-12-5-4-10-18(20)14-21(30-22(31)17-8-2-1-3-9-17)23(32)29-15-16-7-6-11-19(28)13-16/h1-14H,15,28H2,(H,29,32)(H,30,31)/b21-14-. The van der Waals surface area contributed by atoms with Crippen molar-refractivity contribution in [2.45, 2.75) is 12.7 Å². The van der Waals surface area contributed by atoms with Gasteiger partial charge >= 0.3 is 6.18 Å².